The summed E-state index contributed by atoms with van der Waals surface area (Å²) in [6.07, 6.45) is 6.11. The summed E-state index contributed by atoms with van der Waals surface area (Å²) in [5, 5.41) is 3.10. The summed E-state index contributed by atoms with van der Waals surface area (Å²) >= 11 is 0. The molecule has 3 N–H and O–H groups in total. The molecule has 0 radical (unpaired) electrons. The number of fused-ring (bicyclic) bond motifs is 1. The third-order valence-electron chi connectivity index (χ3n) is 3.99. The van der Waals surface area contributed by atoms with Gasteiger partial charge in [-0.2, -0.15) is 0 Å². The molecule has 2 unspecified atom stereocenters. The molecule has 0 bridgehead atoms. The molecule has 0 spiro atoms. The Hall–Kier alpha value is -1.78. The van der Waals surface area contributed by atoms with Gasteiger partial charge < -0.3 is 16.0 Å². The molecule has 2 aliphatic rings. The molecule has 1 amide bonds. The first-order valence-electron chi connectivity index (χ1n) is 6.48. The van der Waals surface area contributed by atoms with Crippen LogP contribution in [-0.2, 0) is 4.79 Å². The average molecular weight is 246 g/mol. The van der Waals surface area contributed by atoms with Crippen molar-refractivity contribution >= 4 is 17.3 Å². The quantitative estimate of drug-likeness (QED) is 0.767. The number of nitrogens with zero attached hydrogens (tertiary/aromatic N) is 2. The number of pyridine rings is 1. The van der Waals surface area contributed by atoms with Gasteiger partial charge in [0.2, 0.25) is 5.91 Å². The number of hydrogen-bond donors (Lipinski definition) is 2. The van der Waals surface area contributed by atoms with Crippen molar-refractivity contribution in [2.45, 2.75) is 25.3 Å². The zero-order chi connectivity index (χ0) is 12.5. The lowest BCUT2D eigenvalue weighted by molar-refractivity contribution is -0.124. The largest absolute Gasteiger partial charge is 0.396 e. The van der Waals surface area contributed by atoms with Crippen LogP contribution in [0.25, 0.3) is 0 Å². The van der Waals surface area contributed by atoms with Gasteiger partial charge in [0.1, 0.15) is 0 Å². The number of carbonyl (C=O) groups excluding carboxylic acids is 1. The minimum absolute atomic E-state index is 0.202. The van der Waals surface area contributed by atoms with Crippen LogP contribution in [0.15, 0.2) is 18.5 Å². The van der Waals surface area contributed by atoms with Crippen LogP contribution in [0.3, 0.4) is 0 Å². The molecular formula is C13H18N4O. The molecule has 1 aromatic rings. The van der Waals surface area contributed by atoms with Gasteiger partial charge in [-0.1, -0.05) is 0 Å². The summed E-state index contributed by atoms with van der Waals surface area (Å²) in [5.74, 6) is 0.747. The Balaban J connectivity index is 1.75. The highest BCUT2D eigenvalue weighted by molar-refractivity contribution is 5.77. The zero-order valence-corrected chi connectivity index (χ0v) is 10.3. The fourth-order valence-corrected chi connectivity index (χ4v) is 3.02. The van der Waals surface area contributed by atoms with Gasteiger partial charge in [-0.05, 0) is 24.8 Å². The molecule has 5 nitrogen and oxygen atoms in total. The number of aromatic nitrogens is 1. The molecule has 0 aromatic carbocycles. The maximum Gasteiger partial charge on any atom is 0.220 e. The second-order valence-corrected chi connectivity index (χ2v) is 5.14. The highest BCUT2D eigenvalue weighted by Crippen LogP contribution is 2.30. The minimum Gasteiger partial charge on any atom is -0.396 e. The molecule has 96 valence electrons. The van der Waals surface area contributed by atoms with Crippen LogP contribution in [0.4, 0.5) is 11.4 Å². The Kier molecular flexibility index (Phi) is 2.81. The van der Waals surface area contributed by atoms with E-state index in [1.54, 1.807) is 12.4 Å². The Bertz CT molecular complexity index is 462. The van der Waals surface area contributed by atoms with E-state index in [9.17, 15) is 4.79 Å². The van der Waals surface area contributed by atoms with Gasteiger partial charge in [-0.25, -0.2) is 0 Å². The first-order chi connectivity index (χ1) is 8.74. The molecule has 2 fully saturated rings. The van der Waals surface area contributed by atoms with Crippen LogP contribution in [0, 0.1) is 5.92 Å². The smallest absolute Gasteiger partial charge is 0.220 e. The van der Waals surface area contributed by atoms with E-state index in [1.165, 1.54) is 0 Å². The molecule has 18 heavy (non-hydrogen) atoms. The summed E-state index contributed by atoms with van der Waals surface area (Å²) < 4.78 is 0. The summed E-state index contributed by atoms with van der Waals surface area (Å²) in [6, 6.07) is 2.32. The van der Waals surface area contributed by atoms with E-state index in [1.807, 2.05) is 6.07 Å². The van der Waals surface area contributed by atoms with E-state index in [2.05, 4.69) is 15.2 Å². The zero-order valence-electron chi connectivity index (χ0n) is 10.3. The normalized spacial score (nSPS) is 27.6. The highest BCUT2D eigenvalue weighted by atomic mass is 16.1. The van der Waals surface area contributed by atoms with Crippen LogP contribution in [-0.4, -0.2) is 30.0 Å². The number of nitrogen functional groups attached to an aromatic ring is 1. The van der Waals surface area contributed by atoms with Gasteiger partial charge >= 0.3 is 0 Å². The molecular weight excluding hydrogens is 228 g/mol. The lowest BCUT2D eigenvalue weighted by atomic mass is 9.85. The predicted octanol–water partition coefficient (Wildman–Crippen LogP) is 0.769. The lowest BCUT2D eigenvalue weighted by Crippen LogP contribution is -2.54. The number of nitrogens with one attached hydrogen (secondary N) is 1. The molecule has 3 rings (SSSR count). The Morgan fingerprint density at radius 1 is 1.44 bits per heavy atom. The second kappa shape index (κ2) is 4.48. The van der Waals surface area contributed by atoms with Crippen molar-refractivity contribution in [3.8, 4) is 0 Å². The molecule has 2 atom stereocenters. The molecule has 0 saturated carbocycles. The molecule has 5 heteroatoms. The van der Waals surface area contributed by atoms with E-state index in [0.29, 0.717) is 18.4 Å². The highest BCUT2D eigenvalue weighted by Gasteiger charge is 2.34. The van der Waals surface area contributed by atoms with Crippen LogP contribution >= 0.6 is 0 Å². The Morgan fingerprint density at radius 2 is 2.33 bits per heavy atom. The van der Waals surface area contributed by atoms with Gasteiger partial charge in [0.25, 0.3) is 0 Å². The van der Waals surface area contributed by atoms with Gasteiger partial charge in [0.05, 0.1) is 17.6 Å². The van der Waals surface area contributed by atoms with Crippen LogP contribution in [0.1, 0.15) is 19.3 Å². The van der Waals surface area contributed by atoms with Crippen molar-refractivity contribution in [2.75, 3.05) is 23.7 Å². The average Bonchev–Trinajstić information content (AvgIpc) is 2.39. The first kappa shape index (κ1) is 11.3. The minimum atomic E-state index is 0.202. The summed E-state index contributed by atoms with van der Waals surface area (Å²) in [4.78, 5) is 17.7. The van der Waals surface area contributed by atoms with Crippen molar-refractivity contribution in [3.63, 3.8) is 0 Å². The van der Waals surface area contributed by atoms with Crippen LogP contribution in [0.5, 0.6) is 0 Å². The van der Waals surface area contributed by atoms with Crippen molar-refractivity contribution < 1.29 is 4.79 Å². The number of amides is 1. The maximum atomic E-state index is 11.4. The molecule has 0 aliphatic carbocycles. The van der Waals surface area contributed by atoms with Gasteiger partial charge in [0, 0.05) is 31.7 Å². The first-order valence-corrected chi connectivity index (χ1v) is 6.48. The van der Waals surface area contributed by atoms with E-state index >= 15 is 0 Å². The van der Waals surface area contributed by atoms with E-state index in [-0.39, 0.29) is 5.91 Å². The third kappa shape index (κ3) is 2.00. The number of rotatable bonds is 1. The van der Waals surface area contributed by atoms with Crippen LogP contribution in [0.2, 0.25) is 0 Å². The maximum absolute atomic E-state index is 11.4. The monoisotopic (exact) mass is 246 g/mol. The number of carbonyl (C=O) groups is 1. The fraction of sp³-hybridized carbons (Fsp3) is 0.538. The topological polar surface area (TPSA) is 71.2 Å². The number of hydrogen-bond acceptors (Lipinski definition) is 4. The standard InChI is InChI=1S/C13H18N4O/c14-10-7-15-5-3-12(10)17-6-4-11-9(8-17)1-2-13(18)16-11/h3,5,7,9,11H,1-2,4,6,8,14H2,(H,16,18). The van der Waals surface area contributed by atoms with Crippen molar-refractivity contribution in [2.24, 2.45) is 5.92 Å². The van der Waals surface area contributed by atoms with E-state index < -0.39 is 0 Å². The number of anilines is 2. The predicted molar refractivity (Wildman–Crippen MR) is 70.1 cm³/mol. The van der Waals surface area contributed by atoms with Crippen molar-refractivity contribution in [1.29, 1.82) is 0 Å². The summed E-state index contributed by atoms with van der Waals surface area (Å²) in [5.41, 5.74) is 7.77. The lowest BCUT2D eigenvalue weighted by Gasteiger charge is -2.42. The third-order valence-corrected chi connectivity index (χ3v) is 3.99. The molecule has 1 aromatic heterocycles. The van der Waals surface area contributed by atoms with Crippen molar-refractivity contribution in [3.05, 3.63) is 18.5 Å². The Labute approximate surface area is 106 Å². The summed E-state index contributed by atoms with van der Waals surface area (Å²) in [7, 11) is 0. The molecule has 2 saturated heterocycles. The SMILES string of the molecule is Nc1cnccc1N1CCC2NC(=O)CCC2C1. The van der Waals surface area contributed by atoms with E-state index in [0.717, 1.165) is 37.3 Å². The number of piperidine rings is 2. The summed E-state index contributed by atoms with van der Waals surface area (Å²) in [6.45, 7) is 1.91. The fourth-order valence-electron chi connectivity index (χ4n) is 3.02. The molecule has 3 heterocycles. The van der Waals surface area contributed by atoms with Gasteiger partial charge in [-0.3, -0.25) is 9.78 Å². The van der Waals surface area contributed by atoms with E-state index in [4.69, 9.17) is 5.73 Å². The van der Waals surface area contributed by atoms with Crippen molar-refractivity contribution in [1.82, 2.24) is 10.3 Å². The molecule has 2 aliphatic heterocycles. The van der Waals surface area contributed by atoms with Crippen LogP contribution < -0.4 is 16.0 Å². The Morgan fingerprint density at radius 3 is 3.17 bits per heavy atom. The second-order valence-electron chi connectivity index (χ2n) is 5.14. The number of nitrogens with two attached hydrogens (primary N) is 1. The van der Waals surface area contributed by atoms with Gasteiger partial charge in [0.15, 0.2) is 0 Å². The van der Waals surface area contributed by atoms with Gasteiger partial charge in [-0.15, -0.1) is 0 Å².